The molecule has 16 heavy (non-hydrogen) atoms. The second-order valence-electron chi connectivity index (χ2n) is 4.66. The molecule has 0 saturated heterocycles. The molecular weight excluding hydrogens is 204 g/mol. The van der Waals surface area contributed by atoms with Crippen LogP contribution in [-0.2, 0) is 11.3 Å². The van der Waals surface area contributed by atoms with E-state index < -0.39 is 6.10 Å². The van der Waals surface area contributed by atoms with Crippen LogP contribution in [0.15, 0.2) is 12.4 Å². The number of methoxy groups -OCH3 is 1. The summed E-state index contributed by atoms with van der Waals surface area (Å²) >= 11 is 0. The molecule has 1 aromatic heterocycles. The number of hydrogen-bond donors (Lipinski definition) is 1. The zero-order valence-corrected chi connectivity index (χ0v) is 10.6. The maximum atomic E-state index is 10.1. The van der Waals surface area contributed by atoms with Gasteiger partial charge in [-0.25, -0.2) is 4.98 Å². The number of aliphatic hydroxyl groups excluding tert-OH is 1. The minimum absolute atomic E-state index is 0.331. The van der Waals surface area contributed by atoms with Crippen LogP contribution >= 0.6 is 0 Å². The summed E-state index contributed by atoms with van der Waals surface area (Å²) in [5.74, 6) is 0.729. The molecule has 0 fully saturated rings. The van der Waals surface area contributed by atoms with Crippen molar-refractivity contribution in [2.75, 3.05) is 7.11 Å². The standard InChI is InChI=1S/C12H22N2O2/c1-5-7-14-8-6-13-11(14)10(15)9-12(2,3)16-4/h6,8,10,15H,5,7,9H2,1-4H3. The van der Waals surface area contributed by atoms with Crippen LogP contribution in [0.5, 0.6) is 0 Å². The molecule has 0 spiro atoms. The van der Waals surface area contributed by atoms with Gasteiger partial charge in [-0.1, -0.05) is 6.92 Å². The fraction of sp³-hybridized carbons (Fsp3) is 0.750. The van der Waals surface area contributed by atoms with Gasteiger partial charge in [0.1, 0.15) is 11.9 Å². The molecule has 1 N–H and O–H groups in total. The first-order valence-electron chi connectivity index (χ1n) is 5.74. The lowest BCUT2D eigenvalue weighted by Crippen LogP contribution is -2.26. The quantitative estimate of drug-likeness (QED) is 0.808. The van der Waals surface area contributed by atoms with Crippen molar-refractivity contribution < 1.29 is 9.84 Å². The number of nitrogens with zero attached hydrogens (tertiary/aromatic N) is 2. The van der Waals surface area contributed by atoms with Gasteiger partial charge in [0.05, 0.1) is 5.60 Å². The molecule has 0 aliphatic carbocycles. The van der Waals surface area contributed by atoms with E-state index in [0.29, 0.717) is 6.42 Å². The van der Waals surface area contributed by atoms with Gasteiger partial charge in [-0.15, -0.1) is 0 Å². The van der Waals surface area contributed by atoms with E-state index in [4.69, 9.17) is 4.74 Å². The van der Waals surface area contributed by atoms with Gasteiger partial charge in [0.2, 0.25) is 0 Å². The molecule has 0 aromatic carbocycles. The number of aliphatic hydroxyl groups is 1. The SMILES string of the molecule is CCCn1ccnc1C(O)CC(C)(C)OC. The van der Waals surface area contributed by atoms with Crippen molar-refractivity contribution in [3.63, 3.8) is 0 Å². The summed E-state index contributed by atoms with van der Waals surface area (Å²) in [6.07, 6.45) is 4.64. The summed E-state index contributed by atoms with van der Waals surface area (Å²) in [5, 5.41) is 10.1. The van der Waals surface area contributed by atoms with E-state index in [9.17, 15) is 5.11 Å². The average molecular weight is 226 g/mol. The molecule has 1 unspecified atom stereocenters. The van der Waals surface area contributed by atoms with Crippen LogP contribution in [0.2, 0.25) is 0 Å². The number of rotatable bonds is 6. The van der Waals surface area contributed by atoms with Crippen LogP contribution in [0.3, 0.4) is 0 Å². The van der Waals surface area contributed by atoms with E-state index in [2.05, 4.69) is 11.9 Å². The second-order valence-corrected chi connectivity index (χ2v) is 4.66. The zero-order chi connectivity index (χ0) is 12.2. The summed E-state index contributed by atoms with van der Waals surface area (Å²) in [6, 6.07) is 0. The summed E-state index contributed by atoms with van der Waals surface area (Å²) < 4.78 is 7.31. The Bertz CT molecular complexity index is 321. The van der Waals surface area contributed by atoms with Crippen LogP contribution in [0.4, 0.5) is 0 Å². The Morgan fingerprint density at radius 3 is 2.81 bits per heavy atom. The van der Waals surface area contributed by atoms with Gasteiger partial charge in [0.25, 0.3) is 0 Å². The lowest BCUT2D eigenvalue weighted by atomic mass is 10.0. The van der Waals surface area contributed by atoms with Gasteiger partial charge < -0.3 is 14.4 Å². The predicted octanol–water partition coefficient (Wildman–Crippen LogP) is 2.14. The highest BCUT2D eigenvalue weighted by Crippen LogP contribution is 2.24. The Labute approximate surface area is 97.3 Å². The van der Waals surface area contributed by atoms with Crippen molar-refractivity contribution in [2.24, 2.45) is 0 Å². The maximum Gasteiger partial charge on any atom is 0.137 e. The van der Waals surface area contributed by atoms with Gasteiger partial charge in [0.15, 0.2) is 0 Å². The van der Waals surface area contributed by atoms with Crippen LogP contribution in [0, 0.1) is 0 Å². The highest BCUT2D eigenvalue weighted by molar-refractivity contribution is 4.98. The monoisotopic (exact) mass is 226 g/mol. The molecule has 4 heteroatoms. The highest BCUT2D eigenvalue weighted by atomic mass is 16.5. The van der Waals surface area contributed by atoms with E-state index in [0.717, 1.165) is 18.8 Å². The molecule has 1 atom stereocenters. The number of aromatic nitrogens is 2. The van der Waals surface area contributed by atoms with E-state index in [1.807, 2.05) is 24.6 Å². The Morgan fingerprint density at radius 1 is 1.56 bits per heavy atom. The molecule has 4 nitrogen and oxygen atoms in total. The van der Waals surface area contributed by atoms with Crippen molar-refractivity contribution in [1.82, 2.24) is 9.55 Å². The molecule has 0 amide bonds. The van der Waals surface area contributed by atoms with Gasteiger partial charge in [-0.2, -0.15) is 0 Å². The molecule has 1 heterocycles. The fourth-order valence-corrected chi connectivity index (χ4v) is 1.69. The fourth-order valence-electron chi connectivity index (χ4n) is 1.69. The highest BCUT2D eigenvalue weighted by Gasteiger charge is 2.24. The van der Waals surface area contributed by atoms with Crippen LogP contribution in [0.25, 0.3) is 0 Å². The van der Waals surface area contributed by atoms with Crippen LogP contribution in [0.1, 0.15) is 45.5 Å². The van der Waals surface area contributed by atoms with Crippen LogP contribution < -0.4 is 0 Å². The Balaban J connectivity index is 2.72. The largest absolute Gasteiger partial charge is 0.385 e. The van der Waals surface area contributed by atoms with Gasteiger partial charge in [0, 0.05) is 32.5 Å². The molecule has 92 valence electrons. The molecule has 1 aromatic rings. The van der Waals surface area contributed by atoms with E-state index in [1.165, 1.54) is 0 Å². The van der Waals surface area contributed by atoms with Crippen molar-refractivity contribution >= 4 is 0 Å². The van der Waals surface area contributed by atoms with Crippen LogP contribution in [-0.4, -0.2) is 27.4 Å². The van der Waals surface area contributed by atoms with Gasteiger partial charge in [-0.05, 0) is 20.3 Å². The molecule has 0 aliphatic heterocycles. The van der Waals surface area contributed by atoms with E-state index >= 15 is 0 Å². The Morgan fingerprint density at radius 2 is 2.25 bits per heavy atom. The molecule has 0 bridgehead atoms. The first-order chi connectivity index (χ1) is 7.50. The lowest BCUT2D eigenvalue weighted by Gasteiger charge is -2.25. The third-order valence-corrected chi connectivity index (χ3v) is 2.75. The smallest absolute Gasteiger partial charge is 0.137 e. The summed E-state index contributed by atoms with van der Waals surface area (Å²) in [7, 11) is 1.66. The van der Waals surface area contributed by atoms with Crippen molar-refractivity contribution in [3.8, 4) is 0 Å². The average Bonchev–Trinajstić information content (AvgIpc) is 2.66. The first kappa shape index (κ1) is 13.2. The zero-order valence-electron chi connectivity index (χ0n) is 10.6. The normalized spacial score (nSPS) is 14.1. The molecule has 0 aliphatic rings. The maximum absolute atomic E-state index is 10.1. The van der Waals surface area contributed by atoms with Gasteiger partial charge >= 0.3 is 0 Å². The third-order valence-electron chi connectivity index (χ3n) is 2.75. The number of ether oxygens (including phenoxy) is 1. The number of aryl methyl sites for hydroxylation is 1. The van der Waals surface area contributed by atoms with E-state index in [1.54, 1.807) is 13.3 Å². The van der Waals surface area contributed by atoms with E-state index in [-0.39, 0.29) is 5.60 Å². The first-order valence-corrected chi connectivity index (χ1v) is 5.74. The van der Waals surface area contributed by atoms with Gasteiger partial charge in [-0.3, -0.25) is 0 Å². The minimum Gasteiger partial charge on any atom is -0.385 e. The molecule has 0 saturated carbocycles. The minimum atomic E-state index is -0.573. The second kappa shape index (κ2) is 5.46. The third kappa shape index (κ3) is 3.32. The Hall–Kier alpha value is -0.870. The molecule has 0 radical (unpaired) electrons. The van der Waals surface area contributed by atoms with Crippen molar-refractivity contribution in [1.29, 1.82) is 0 Å². The topological polar surface area (TPSA) is 47.3 Å². The lowest BCUT2D eigenvalue weighted by molar-refractivity contribution is -0.0228. The predicted molar refractivity (Wildman–Crippen MR) is 63.2 cm³/mol. The summed E-state index contributed by atoms with van der Waals surface area (Å²) in [6.45, 7) is 6.92. The summed E-state index contributed by atoms with van der Waals surface area (Å²) in [5.41, 5.74) is -0.331. The van der Waals surface area contributed by atoms with Crippen molar-refractivity contribution in [2.45, 2.75) is 51.9 Å². The molecular formula is C12H22N2O2. The van der Waals surface area contributed by atoms with Crippen molar-refractivity contribution in [3.05, 3.63) is 18.2 Å². The Kier molecular flexibility index (Phi) is 4.50. The number of imidazole rings is 1. The summed E-state index contributed by atoms with van der Waals surface area (Å²) in [4.78, 5) is 4.21. The number of hydrogen-bond acceptors (Lipinski definition) is 3. The molecule has 1 rings (SSSR count).